The molecule has 5 nitrogen and oxygen atoms in total. The van der Waals surface area contributed by atoms with Gasteiger partial charge in [0.25, 0.3) is 0 Å². The van der Waals surface area contributed by atoms with Gasteiger partial charge in [-0.2, -0.15) is 0 Å². The van der Waals surface area contributed by atoms with E-state index in [9.17, 15) is 4.79 Å². The highest BCUT2D eigenvalue weighted by Crippen LogP contribution is 2.28. The summed E-state index contributed by atoms with van der Waals surface area (Å²) in [4.78, 5) is 17.2. The van der Waals surface area contributed by atoms with Gasteiger partial charge in [0, 0.05) is 24.3 Å². The average Bonchev–Trinajstić information content (AvgIpc) is 2.66. The first-order valence-electron chi connectivity index (χ1n) is 6.34. The molecule has 2 rings (SSSR count). The Hall–Kier alpha value is -1.49. The average molecular weight is 252 g/mol. The molecule has 0 unspecified atom stereocenters. The molecule has 0 radical (unpaired) electrons. The summed E-state index contributed by atoms with van der Waals surface area (Å²) in [6.45, 7) is 9.34. The van der Waals surface area contributed by atoms with Crippen molar-refractivity contribution < 1.29 is 14.3 Å². The van der Waals surface area contributed by atoms with E-state index in [4.69, 9.17) is 9.47 Å². The summed E-state index contributed by atoms with van der Waals surface area (Å²) in [7, 11) is 0. The number of carbonyl (C=O) groups is 1. The van der Waals surface area contributed by atoms with Gasteiger partial charge in [0.05, 0.1) is 25.5 Å². The van der Waals surface area contributed by atoms with Crippen LogP contribution < -0.4 is 4.90 Å². The number of rotatable bonds is 3. The molecule has 1 aliphatic rings. The first-order chi connectivity index (χ1) is 8.65. The third kappa shape index (κ3) is 2.36. The van der Waals surface area contributed by atoms with Crippen LogP contribution in [-0.4, -0.2) is 43.9 Å². The van der Waals surface area contributed by atoms with Gasteiger partial charge in [-0.3, -0.25) is 0 Å². The fraction of sp³-hybridized carbons (Fsp3) is 0.615. The van der Waals surface area contributed by atoms with Crippen LogP contribution in [0, 0.1) is 13.8 Å². The molecule has 1 aromatic heterocycles. The molecule has 0 bridgehead atoms. The second-order valence-electron chi connectivity index (χ2n) is 4.42. The van der Waals surface area contributed by atoms with Crippen LogP contribution in [0.15, 0.2) is 0 Å². The van der Waals surface area contributed by atoms with E-state index in [1.54, 1.807) is 0 Å². The summed E-state index contributed by atoms with van der Waals surface area (Å²) in [5.74, 6) is -0.280. The lowest BCUT2D eigenvalue weighted by molar-refractivity contribution is 0.0519. The van der Waals surface area contributed by atoms with Crippen LogP contribution in [0.5, 0.6) is 0 Å². The van der Waals surface area contributed by atoms with Gasteiger partial charge in [-0.15, -0.1) is 0 Å². The number of ether oxygens (including phenoxy) is 2. The lowest BCUT2D eigenvalue weighted by atomic mass is 10.2. The van der Waals surface area contributed by atoms with E-state index in [2.05, 4.69) is 9.88 Å². The first kappa shape index (κ1) is 13.0. The van der Waals surface area contributed by atoms with Crippen molar-refractivity contribution in [3.05, 3.63) is 17.0 Å². The van der Waals surface area contributed by atoms with Crippen molar-refractivity contribution in [1.29, 1.82) is 0 Å². The Kier molecular flexibility index (Phi) is 3.91. The summed E-state index contributed by atoms with van der Waals surface area (Å²) >= 11 is 0. The zero-order chi connectivity index (χ0) is 13.1. The van der Waals surface area contributed by atoms with Gasteiger partial charge in [0.2, 0.25) is 0 Å². The van der Waals surface area contributed by atoms with Crippen LogP contribution in [0.25, 0.3) is 0 Å². The minimum atomic E-state index is -0.280. The van der Waals surface area contributed by atoms with Crippen molar-refractivity contribution in [1.82, 2.24) is 4.98 Å². The molecule has 18 heavy (non-hydrogen) atoms. The van der Waals surface area contributed by atoms with Crippen LogP contribution in [-0.2, 0) is 9.47 Å². The number of nitrogens with one attached hydrogen (secondary N) is 1. The number of aromatic nitrogens is 1. The van der Waals surface area contributed by atoms with E-state index in [-0.39, 0.29) is 5.97 Å². The van der Waals surface area contributed by atoms with Crippen molar-refractivity contribution >= 4 is 11.7 Å². The van der Waals surface area contributed by atoms with Gasteiger partial charge in [-0.05, 0) is 20.8 Å². The SMILES string of the molecule is CCOC(=O)c1[nH]c(C)c(N2CCOCC2)c1C. The van der Waals surface area contributed by atoms with Gasteiger partial charge < -0.3 is 19.4 Å². The Bertz CT molecular complexity index is 434. The smallest absolute Gasteiger partial charge is 0.355 e. The van der Waals surface area contributed by atoms with E-state index in [1.165, 1.54) is 0 Å². The highest BCUT2D eigenvalue weighted by molar-refractivity contribution is 5.91. The molecule has 100 valence electrons. The lowest BCUT2D eigenvalue weighted by Crippen LogP contribution is -2.36. The van der Waals surface area contributed by atoms with Crippen LogP contribution in [0.4, 0.5) is 5.69 Å². The Morgan fingerprint density at radius 1 is 1.39 bits per heavy atom. The quantitative estimate of drug-likeness (QED) is 0.831. The van der Waals surface area contributed by atoms with E-state index >= 15 is 0 Å². The molecule has 0 atom stereocenters. The summed E-state index contributed by atoms with van der Waals surface area (Å²) in [6.07, 6.45) is 0. The fourth-order valence-corrected chi connectivity index (χ4v) is 2.41. The number of aryl methyl sites for hydroxylation is 1. The second-order valence-corrected chi connectivity index (χ2v) is 4.42. The lowest BCUT2D eigenvalue weighted by Gasteiger charge is -2.29. The molecule has 0 aromatic carbocycles. The van der Waals surface area contributed by atoms with E-state index < -0.39 is 0 Å². The second kappa shape index (κ2) is 5.44. The minimum absolute atomic E-state index is 0.280. The van der Waals surface area contributed by atoms with Crippen molar-refractivity contribution in [3.8, 4) is 0 Å². The number of morpholine rings is 1. The topological polar surface area (TPSA) is 54.6 Å². The molecule has 1 saturated heterocycles. The Balaban J connectivity index is 2.28. The summed E-state index contributed by atoms with van der Waals surface area (Å²) < 4.78 is 10.4. The van der Waals surface area contributed by atoms with Gasteiger partial charge in [0.15, 0.2) is 0 Å². The zero-order valence-electron chi connectivity index (χ0n) is 11.2. The molecule has 1 fully saturated rings. The number of carbonyl (C=O) groups excluding carboxylic acids is 1. The van der Waals surface area contributed by atoms with Crippen molar-refractivity contribution in [3.63, 3.8) is 0 Å². The maximum atomic E-state index is 11.8. The van der Waals surface area contributed by atoms with E-state index in [1.807, 2.05) is 20.8 Å². The molecule has 0 aliphatic carbocycles. The maximum absolute atomic E-state index is 11.8. The Morgan fingerprint density at radius 3 is 2.67 bits per heavy atom. The predicted octanol–water partition coefficient (Wildman–Crippen LogP) is 1.64. The fourth-order valence-electron chi connectivity index (χ4n) is 2.41. The number of esters is 1. The van der Waals surface area contributed by atoms with Crippen molar-refractivity contribution in [2.24, 2.45) is 0 Å². The number of nitrogens with zero attached hydrogens (tertiary/aromatic N) is 1. The standard InChI is InChI=1S/C13H20N2O3/c1-4-18-13(16)11-9(2)12(10(3)14-11)15-5-7-17-8-6-15/h14H,4-8H2,1-3H3. The Labute approximate surface area is 107 Å². The molecular formula is C13H20N2O3. The number of hydrogen-bond donors (Lipinski definition) is 1. The molecular weight excluding hydrogens is 232 g/mol. The summed E-state index contributed by atoms with van der Waals surface area (Å²) in [6, 6.07) is 0. The molecule has 0 amide bonds. The maximum Gasteiger partial charge on any atom is 0.355 e. The molecule has 1 aliphatic heterocycles. The third-order valence-electron chi connectivity index (χ3n) is 3.20. The van der Waals surface area contributed by atoms with E-state index in [0.29, 0.717) is 12.3 Å². The first-order valence-corrected chi connectivity index (χ1v) is 6.34. The van der Waals surface area contributed by atoms with Crippen LogP contribution in [0.3, 0.4) is 0 Å². The van der Waals surface area contributed by atoms with E-state index in [0.717, 1.165) is 43.2 Å². The predicted molar refractivity (Wildman–Crippen MR) is 69.3 cm³/mol. The molecule has 1 N–H and O–H groups in total. The highest BCUT2D eigenvalue weighted by atomic mass is 16.5. The largest absolute Gasteiger partial charge is 0.461 e. The minimum Gasteiger partial charge on any atom is -0.461 e. The summed E-state index contributed by atoms with van der Waals surface area (Å²) in [5, 5.41) is 0. The van der Waals surface area contributed by atoms with Crippen LogP contribution in [0.2, 0.25) is 0 Å². The van der Waals surface area contributed by atoms with Crippen LogP contribution in [0.1, 0.15) is 28.7 Å². The monoisotopic (exact) mass is 252 g/mol. The number of anilines is 1. The van der Waals surface area contributed by atoms with Crippen LogP contribution >= 0.6 is 0 Å². The zero-order valence-corrected chi connectivity index (χ0v) is 11.2. The van der Waals surface area contributed by atoms with Gasteiger partial charge in [-0.25, -0.2) is 4.79 Å². The summed E-state index contributed by atoms with van der Waals surface area (Å²) in [5.41, 5.74) is 3.66. The van der Waals surface area contributed by atoms with Crippen molar-refractivity contribution in [2.45, 2.75) is 20.8 Å². The highest BCUT2D eigenvalue weighted by Gasteiger charge is 2.23. The number of aromatic amines is 1. The van der Waals surface area contributed by atoms with Gasteiger partial charge in [0.1, 0.15) is 5.69 Å². The molecule has 5 heteroatoms. The number of hydrogen-bond acceptors (Lipinski definition) is 4. The normalized spacial score (nSPS) is 15.8. The van der Waals surface area contributed by atoms with Crippen molar-refractivity contribution in [2.75, 3.05) is 37.8 Å². The van der Waals surface area contributed by atoms with Gasteiger partial charge in [-0.1, -0.05) is 0 Å². The third-order valence-corrected chi connectivity index (χ3v) is 3.20. The molecule has 0 saturated carbocycles. The van der Waals surface area contributed by atoms with Gasteiger partial charge >= 0.3 is 5.97 Å². The number of H-pyrrole nitrogens is 1. The molecule has 0 spiro atoms. The molecule has 2 heterocycles. The molecule has 1 aromatic rings. The Morgan fingerprint density at radius 2 is 2.06 bits per heavy atom.